The molecule has 3 aliphatic heterocycles. The van der Waals surface area contributed by atoms with E-state index in [2.05, 4.69) is 48.1 Å². The number of piperazine rings is 1. The minimum atomic E-state index is -1.56. The molecule has 3 saturated heterocycles. The molecule has 0 spiro atoms. The van der Waals surface area contributed by atoms with Crippen molar-refractivity contribution in [3.8, 4) is 23.1 Å². The van der Waals surface area contributed by atoms with Gasteiger partial charge in [-0.15, -0.1) is 0 Å². The van der Waals surface area contributed by atoms with Gasteiger partial charge in [0.15, 0.2) is 0 Å². The number of ether oxygens (including phenoxy) is 3. The van der Waals surface area contributed by atoms with Crippen molar-refractivity contribution in [1.82, 2.24) is 46.0 Å². The number of halogens is 2. The third-order valence-corrected chi connectivity index (χ3v) is 14.3. The molecular weight excluding hydrogens is 995 g/mol. The third-order valence-electron chi connectivity index (χ3n) is 14.3. The maximum absolute atomic E-state index is 16.1. The monoisotopic (exact) mass is 1070 g/mol. The van der Waals surface area contributed by atoms with Gasteiger partial charge in [0.25, 0.3) is 5.91 Å². The number of nitrogens with one attached hydrogen (secondary N) is 4. The molecule has 0 aliphatic carbocycles. The second-order valence-electron chi connectivity index (χ2n) is 22.5. The fourth-order valence-electron chi connectivity index (χ4n) is 9.80. The number of aryl methyl sites for hydroxylation is 1. The number of hydrogen-bond acceptors (Lipinski definition) is 13. The van der Waals surface area contributed by atoms with Crippen molar-refractivity contribution in [2.24, 2.45) is 16.2 Å². The van der Waals surface area contributed by atoms with Crippen LogP contribution in [0.5, 0.6) is 0 Å². The maximum atomic E-state index is 16.1. The van der Waals surface area contributed by atoms with Crippen LogP contribution in [0.15, 0.2) is 67.0 Å². The van der Waals surface area contributed by atoms with E-state index < -0.39 is 94.8 Å². The van der Waals surface area contributed by atoms with Crippen LogP contribution >= 0.6 is 0 Å². The van der Waals surface area contributed by atoms with Gasteiger partial charge in [0.05, 0.1) is 50.7 Å². The van der Waals surface area contributed by atoms with E-state index in [1.54, 1.807) is 88.9 Å². The van der Waals surface area contributed by atoms with Gasteiger partial charge < -0.3 is 45.1 Å². The molecule has 5 N–H and O–H groups in total. The molecule has 6 atom stereocenters. The summed E-state index contributed by atoms with van der Waals surface area (Å²) in [4.78, 5) is 75.7. The minimum absolute atomic E-state index is 0.00290. The molecule has 2 aromatic heterocycles. The van der Waals surface area contributed by atoms with Gasteiger partial charge in [-0.25, -0.2) is 28.4 Å². The molecule has 2 unspecified atom stereocenters. The van der Waals surface area contributed by atoms with Gasteiger partial charge in [-0.1, -0.05) is 65.5 Å². The number of fused-ring (bicyclic) bond motifs is 2. The smallest absolute Gasteiger partial charge is 0.407 e. The average Bonchev–Trinajstić information content (AvgIpc) is 4.01. The quantitative estimate of drug-likeness (QED) is 0.0669. The van der Waals surface area contributed by atoms with Crippen LogP contribution in [0.1, 0.15) is 90.5 Å². The Morgan fingerprint density at radius 3 is 1.92 bits per heavy atom. The van der Waals surface area contributed by atoms with Gasteiger partial charge in [0, 0.05) is 79.5 Å². The molecule has 4 aromatic rings. The third kappa shape index (κ3) is 14.1. The first kappa shape index (κ1) is 57.6. The molecule has 5 amide bonds. The van der Waals surface area contributed by atoms with E-state index in [1.165, 1.54) is 0 Å². The lowest BCUT2D eigenvalue weighted by molar-refractivity contribution is -0.172. The number of methoxy groups -OCH3 is 2. The van der Waals surface area contributed by atoms with Gasteiger partial charge in [-0.3, -0.25) is 24.5 Å². The molecule has 3 aliphatic rings. The molecule has 2 bridgehead atoms. The Kier molecular flexibility index (Phi) is 18.0. The number of aliphatic hydroxyl groups excluding tert-OH is 1. The van der Waals surface area contributed by atoms with E-state index in [4.69, 9.17) is 19.2 Å². The van der Waals surface area contributed by atoms with E-state index >= 15 is 8.78 Å². The number of alkyl carbamates (subject to hydrolysis) is 2. The normalized spacial score (nSPS) is 18.4. The summed E-state index contributed by atoms with van der Waals surface area (Å²) in [5.41, 5.74) is 2.53. The number of hydrazine groups is 1. The Morgan fingerprint density at radius 2 is 1.42 bits per heavy atom. The predicted octanol–water partition coefficient (Wildman–Crippen LogP) is 5.32. The molecule has 3 fully saturated rings. The van der Waals surface area contributed by atoms with Gasteiger partial charge in [0.2, 0.25) is 11.8 Å². The van der Waals surface area contributed by atoms with Crippen LogP contribution in [-0.4, -0.2) is 143 Å². The Hall–Kier alpha value is -7.15. The predicted molar refractivity (Wildman–Crippen MR) is 282 cm³/mol. The first-order valence-corrected chi connectivity index (χ1v) is 25.9. The average molecular weight is 1070 g/mol. The summed E-state index contributed by atoms with van der Waals surface area (Å²) >= 11 is 0. The Labute approximate surface area is 448 Å². The van der Waals surface area contributed by atoms with Crippen molar-refractivity contribution in [3.05, 3.63) is 101 Å². The van der Waals surface area contributed by atoms with Gasteiger partial charge in [-0.05, 0) is 92.0 Å². The van der Waals surface area contributed by atoms with Crippen molar-refractivity contribution < 1.29 is 52.1 Å². The highest BCUT2D eigenvalue weighted by Crippen LogP contribution is 2.38. The van der Waals surface area contributed by atoms with E-state index in [0.29, 0.717) is 55.2 Å². The highest BCUT2D eigenvalue weighted by molar-refractivity contribution is 5.87. The van der Waals surface area contributed by atoms with Gasteiger partial charge >= 0.3 is 12.2 Å². The number of carbonyl (C=O) groups excluding carboxylic acids is 5. The van der Waals surface area contributed by atoms with Gasteiger partial charge in [-0.2, -0.15) is 5.10 Å². The summed E-state index contributed by atoms with van der Waals surface area (Å²) in [7, 11) is 2.30. The van der Waals surface area contributed by atoms with Crippen molar-refractivity contribution in [1.29, 1.82) is 0 Å². The molecule has 19 nitrogen and oxygen atoms in total. The van der Waals surface area contributed by atoms with Crippen LogP contribution in [0.4, 0.5) is 24.2 Å². The first-order chi connectivity index (χ1) is 36.4. The van der Waals surface area contributed by atoms with E-state index in [9.17, 15) is 29.1 Å². The van der Waals surface area contributed by atoms with Crippen molar-refractivity contribution >= 4 is 35.7 Å². The highest BCUT2D eigenvalue weighted by atomic mass is 19.1. The summed E-state index contributed by atoms with van der Waals surface area (Å²) in [6, 6.07) is 11.6. The summed E-state index contributed by atoms with van der Waals surface area (Å²) in [5, 5.41) is 25.7. The Bertz CT molecular complexity index is 2800. The van der Waals surface area contributed by atoms with Crippen LogP contribution in [0.2, 0.25) is 0 Å². The van der Waals surface area contributed by atoms with Crippen LogP contribution in [-0.2, 0) is 48.1 Å². The van der Waals surface area contributed by atoms with E-state index in [0.717, 1.165) is 50.0 Å². The number of pyridine rings is 1. The second kappa shape index (κ2) is 24.0. The number of nitrogens with zero attached hydrogens (tertiary/aromatic N) is 6. The fraction of sp³-hybridized carbons (Fsp3) is 0.518. The zero-order valence-electron chi connectivity index (χ0n) is 45.5. The minimum Gasteiger partial charge on any atom is -0.453 e. The van der Waals surface area contributed by atoms with Crippen LogP contribution in [0.3, 0.4) is 0 Å². The standard InChI is InChI=1S/C56H72F2N10O9/c1-11-66-23-22-43(63-66)37-25-41(57)40(42(58)26-37)30-67(64-50(71)48(55(5,6)7)62-53(74)76-10)31-45(69)44(60-49(70)47(54(2,3)4)61-52(73)75-9)24-35-15-12-34(13-16-35)14-17-36-18-21-46(59-27-36)65-28-38-19-20-39(29-65)68(38)51(72)56(8)32-77-33-56/h12-13,15-16,18,21-23,25-27,38-39,44-45,47-48,69H,11,19-20,24,28-33H2,1-10H3,(H,60,70)(H,61,73)(H,62,74)(H,64,71)/t38?,39?,44-,45-,47+,48+/m0/s1. The number of anilines is 1. The number of aromatic nitrogens is 3. The maximum Gasteiger partial charge on any atom is 0.407 e. The number of carbonyl (C=O) groups is 5. The molecule has 5 heterocycles. The lowest BCUT2D eigenvalue weighted by Gasteiger charge is -2.47. The molecule has 414 valence electrons. The van der Waals surface area contributed by atoms with Gasteiger partial charge in [0.1, 0.15) is 29.5 Å². The first-order valence-electron chi connectivity index (χ1n) is 25.9. The summed E-state index contributed by atoms with van der Waals surface area (Å²) < 4.78 is 48.8. The van der Waals surface area contributed by atoms with Crippen LogP contribution < -0.4 is 26.3 Å². The highest BCUT2D eigenvalue weighted by Gasteiger charge is 2.51. The fourth-order valence-corrected chi connectivity index (χ4v) is 9.80. The summed E-state index contributed by atoms with van der Waals surface area (Å²) in [6.07, 6.45) is 1.99. The molecule has 0 saturated carbocycles. The largest absolute Gasteiger partial charge is 0.453 e. The number of aliphatic hydroxyl groups is 1. The van der Waals surface area contributed by atoms with Crippen molar-refractivity contribution in [3.63, 3.8) is 0 Å². The summed E-state index contributed by atoms with van der Waals surface area (Å²) in [5.74, 6) is 3.97. The molecule has 7 rings (SSSR count). The van der Waals surface area contributed by atoms with E-state index in [1.807, 2.05) is 26.0 Å². The lowest BCUT2D eigenvalue weighted by atomic mass is 9.85. The summed E-state index contributed by atoms with van der Waals surface area (Å²) in [6.45, 7) is 15.9. The Morgan fingerprint density at radius 1 is 0.844 bits per heavy atom. The SMILES string of the molecule is CCn1ccc(-c2cc(F)c(CN(C[C@H](O)[C@H](Cc3ccc(C#Cc4ccc(N5CC6CCC(C5)N6C(=O)C5(C)COC5)nc4)cc3)NC(=O)[C@@H](NC(=O)OC)C(C)(C)C)NC(=O)[C@@H](NC(=O)OC)C(C)(C)C)c(F)c2)n1. The zero-order chi connectivity index (χ0) is 56.0. The Balaban J connectivity index is 1.12. The number of benzene rings is 2. The lowest BCUT2D eigenvalue weighted by Crippen LogP contribution is -2.62. The second-order valence-corrected chi connectivity index (χ2v) is 22.5. The molecular formula is C56H72F2N10O9. The molecule has 2 aromatic carbocycles. The molecule has 21 heteroatoms. The molecule has 77 heavy (non-hydrogen) atoms. The van der Waals surface area contributed by atoms with Crippen molar-refractivity contribution in [2.45, 2.75) is 124 Å². The van der Waals surface area contributed by atoms with Crippen LogP contribution in [0, 0.1) is 39.7 Å². The van der Waals surface area contributed by atoms with Crippen molar-refractivity contribution in [2.75, 3.05) is 52.0 Å². The topological polar surface area (TPSA) is 222 Å². The van der Waals surface area contributed by atoms with E-state index in [-0.39, 0.29) is 30.0 Å². The van der Waals surface area contributed by atoms with Crippen LogP contribution in [0.25, 0.3) is 11.3 Å². The number of hydrogen-bond donors (Lipinski definition) is 5. The number of rotatable bonds is 17. The zero-order valence-corrected chi connectivity index (χ0v) is 45.5. The molecule has 0 radical (unpaired) electrons. The number of amides is 5.